The van der Waals surface area contributed by atoms with Gasteiger partial charge < -0.3 is 0 Å². The third-order valence-corrected chi connectivity index (χ3v) is 3.47. The molecule has 0 bridgehead atoms. The molecule has 0 heterocycles. The van der Waals surface area contributed by atoms with Gasteiger partial charge in [-0.2, -0.15) is 0 Å². The molecular formula is C13H15NW. The van der Waals surface area contributed by atoms with E-state index in [0.29, 0.717) is 0 Å². The second-order valence-corrected chi connectivity index (χ2v) is 5.16. The number of aliphatic imine (C=N–C) groups is 1. The van der Waals surface area contributed by atoms with Crippen molar-refractivity contribution in [1.82, 2.24) is 0 Å². The van der Waals surface area contributed by atoms with Gasteiger partial charge in [-0.3, -0.25) is 0 Å². The molecule has 0 aliphatic carbocycles. The molecule has 1 aromatic rings. The Hall–Kier alpha value is -0.812. The maximum absolute atomic E-state index is 3.92. The molecule has 1 aromatic carbocycles. The van der Waals surface area contributed by atoms with E-state index in [1.54, 1.807) is 0 Å². The minimum absolute atomic E-state index is 0.975. The molecule has 78 valence electrons. The summed E-state index contributed by atoms with van der Waals surface area (Å²) in [4.78, 5) is 3.92. The molecule has 0 atom stereocenters. The molecule has 0 aromatic heterocycles. The van der Waals surface area contributed by atoms with Crippen LogP contribution in [0.5, 0.6) is 0 Å². The van der Waals surface area contributed by atoms with Gasteiger partial charge in [0.2, 0.25) is 0 Å². The van der Waals surface area contributed by atoms with Crippen LogP contribution in [0.4, 0.5) is 0 Å². The number of rotatable bonds is 3. The summed E-state index contributed by atoms with van der Waals surface area (Å²) in [6.45, 7) is 9.80. The van der Waals surface area contributed by atoms with Gasteiger partial charge in [0, 0.05) is 0 Å². The van der Waals surface area contributed by atoms with Crippen LogP contribution in [0.3, 0.4) is 0 Å². The summed E-state index contributed by atoms with van der Waals surface area (Å²) in [6.07, 6.45) is 2.11. The van der Waals surface area contributed by atoms with Crippen LogP contribution in [-0.2, 0) is 19.4 Å². The first-order valence-corrected chi connectivity index (χ1v) is 6.28. The molecule has 0 aliphatic rings. The number of aryl methyl sites for hydroxylation is 2. The van der Waals surface area contributed by atoms with Crippen LogP contribution >= 0.6 is 0 Å². The van der Waals surface area contributed by atoms with Crippen molar-refractivity contribution in [2.24, 2.45) is 4.99 Å². The first-order chi connectivity index (χ1) is 7.06. The predicted octanol–water partition coefficient (Wildman–Crippen LogP) is 2.98. The molecule has 0 saturated heterocycles. The molecule has 0 spiro atoms. The van der Waals surface area contributed by atoms with E-state index in [4.69, 9.17) is 0 Å². The Kier molecular flexibility index (Phi) is 4.35. The Morgan fingerprint density at radius 3 is 2.33 bits per heavy atom. The van der Waals surface area contributed by atoms with Crippen molar-refractivity contribution < 1.29 is 19.4 Å². The Bertz CT molecular complexity index is 410. The Balaban J connectivity index is 3.17. The maximum atomic E-state index is 3.92. The van der Waals surface area contributed by atoms with E-state index in [1.165, 1.54) is 39.9 Å². The molecule has 15 heavy (non-hydrogen) atoms. The summed E-state index contributed by atoms with van der Waals surface area (Å²) in [5.41, 5.74) is 4.99. The molecule has 0 N–H and O–H groups in total. The fourth-order valence-corrected chi connectivity index (χ4v) is 3.28. The molecule has 0 aliphatic heterocycles. The number of hydrogen-bond acceptors (Lipinski definition) is 1. The van der Waals surface area contributed by atoms with Gasteiger partial charge in [-0.05, 0) is 0 Å². The quantitative estimate of drug-likeness (QED) is 0.727. The topological polar surface area (TPSA) is 12.4 Å². The third kappa shape index (κ3) is 3.07. The molecule has 2 heteroatoms. The fraction of sp³-hybridized carbons (Fsp3) is 0.231. The second-order valence-electron chi connectivity index (χ2n) is 3.57. The molecule has 0 saturated carbocycles. The van der Waals surface area contributed by atoms with Crippen molar-refractivity contribution >= 4 is 10.6 Å². The normalized spacial score (nSPS) is 11.3. The average Bonchev–Trinajstić information content (AvgIpc) is 2.17. The Morgan fingerprint density at radius 1 is 1.33 bits per heavy atom. The Labute approximate surface area is 102 Å². The molecule has 0 amide bonds. The van der Waals surface area contributed by atoms with E-state index in [1.807, 2.05) is 6.92 Å². The zero-order valence-electron chi connectivity index (χ0n) is 9.37. The van der Waals surface area contributed by atoms with Crippen LogP contribution in [-0.4, -0.2) is 10.6 Å². The van der Waals surface area contributed by atoms with Crippen molar-refractivity contribution in [1.29, 1.82) is 0 Å². The van der Waals surface area contributed by atoms with Gasteiger partial charge >= 0.3 is 102 Å². The number of hydrogen-bond donors (Lipinski definition) is 0. The fourth-order valence-electron chi connectivity index (χ4n) is 1.51. The van der Waals surface area contributed by atoms with Gasteiger partial charge in [0.05, 0.1) is 0 Å². The van der Waals surface area contributed by atoms with E-state index < -0.39 is 0 Å². The zero-order valence-corrected chi connectivity index (χ0v) is 12.3. The molecule has 0 fully saturated rings. The van der Waals surface area contributed by atoms with Crippen molar-refractivity contribution in [2.75, 3.05) is 0 Å². The third-order valence-electron chi connectivity index (χ3n) is 2.32. The summed E-state index contributed by atoms with van der Waals surface area (Å²) in [7, 11) is 0. The minimum atomic E-state index is 0.975. The molecular weight excluding hydrogens is 354 g/mol. The van der Waals surface area contributed by atoms with E-state index in [9.17, 15) is 0 Å². The van der Waals surface area contributed by atoms with Gasteiger partial charge in [-0.25, -0.2) is 0 Å². The predicted molar refractivity (Wildman–Crippen MR) is 63.3 cm³/mol. The molecule has 0 radical (unpaired) electrons. The molecule has 1 rings (SSSR count). The summed E-state index contributed by atoms with van der Waals surface area (Å²) in [5, 5.41) is 0. The van der Waals surface area contributed by atoms with Gasteiger partial charge in [-0.15, -0.1) is 0 Å². The van der Waals surface area contributed by atoms with Gasteiger partial charge in [0.15, 0.2) is 0 Å². The van der Waals surface area contributed by atoms with Gasteiger partial charge in [-0.1, -0.05) is 0 Å². The van der Waals surface area contributed by atoms with Crippen molar-refractivity contribution in [2.45, 2.75) is 20.8 Å². The number of allylic oxidation sites excluding steroid dienone is 2. The second kappa shape index (κ2) is 5.32. The van der Waals surface area contributed by atoms with E-state index in [0.717, 1.165) is 5.70 Å². The van der Waals surface area contributed by atoms with E-state index in [-0.39, 0.29) is 0 Å². The van der Waals surface area contributed by atoms with Crippen LogP contribution in [0.15, 0.2) is 35.0 Å². The molecule has 0 unspecified atom stereocenters. The van der Waals surface area contributed by atoms with E-state index >= 15 is 0 Å². The molecule has 1 nitrogen and oxygen atoms in total. The van der Waals surface area contributed by atoms with Gasteiger partial charge in [0.25, 0.3) is 0 Å². The number of benzene rings is 1. The van der Waals surface area contributed by atoms with Crippen molar-refractivity contribution in [3.05, 3.63) is 46.7 Å². The summed E-state index contributed by atoms with van der Waals surface area (Å²) in [5.74, 6) is 0. The standard InChI is InChI=1S/C13H15N.W/c1-10-6-5-7-11(2)13(10)9-8-12(3)14-4;/h5-8H,4H2,1-3H3;/b12-8-;. The van der Waals surface area contributed by atoms with Crippen LogP contribution < -0.4 is 0 Å². The monoisotopic (exact) mass is 369 g/mol. The summed E-state index contributed by atoms with van der Waals surface area (Å²) >= 11 is 1.46. The zero-order chi connectivity index (χ0) is 11.4. The average molecular weight is 369 g/mol. The number of nitrogens with zero attached hydrogens (tertiary/aromatic N) is 1. The summed E-state index contributed by atoms with van der Waals surface area (Å²) in [6, 6.07) is 6.39. The van der Waals surface area contributed by atoms with Crippen LogP contribution in [0.25, 0.3) is 0 Å². The summed E-state index contributed by atoms with van der Waals surface area (Å²) < 4.78 is 1.33. The van der Waals surface area contributed by atoms with Crippen molar-refractivity contribution in [3.63, 3.8) is 0 Å². The SMILES string of the molecule is C=N/C(C)=C\[C](=[W])c1c(C)cccc1C. The van der Waals surface area contributed by atoms with Crippen LogP contribution in [0.1, 0.15) is 23.6 Å². The first kappa shape index (κ1) is 12.3. The van der Waals surface area contributed by atoms with Gasteiger partial charge in [0.1, 0.15) is 0 Å². The van der Waals surface area contributed by atoms with Crippen molar-refractivity contribution in [3.8, 4) is 0 Å². The van der Waals surface area contributed by atoms with E-state index in [2.05, 4.69) is 49.8 Å². The van der Waals surface area contributed by atoms with Crippen LogP contribution in [0, 0.1) is 13.8 Å². The Morgan fingerprint density at radius 2 is 1.87 bits per heavy atom. The van der Waals surface area contributed by atoms with Crippen LogP contribution in [0.2, 0.25) is 0 Å². The first-order valence-electron chi connectivity index (χ1n) is 4.82.